The van der Waals surface area contributed by atoms with E-state index >= 15 is 0 Å². The molecule has 1 N–H and O–H groups in total. The molecule has 1 unspecified atom stereocenters. The molecule has 0 aliphatic carbocycles. The molecule has 0 saturated heterocycles. The van der Waals surface area contributed by atoms with Crippen molar-refractivity contribution in [2.75, 3.05) is 26.3 Å². The Labute approximate surface area is 126 Å². The van der Waals surface area contributed by atoms with E-state index in [0.717, 1.165) is 30.2 Å². The van der Waals surface area contributed by atoms with Crippen LogP contribution in [0.2, 0.25) is 0 Å². The molecule has 116 valence electrons. The molecule has 1 aliphatic heterocycles. The molecule has 0 aromatic heterocycles. The Bertz CT molecular complexity index is 486. The number of hydrogen-bond donors (Lipinski definition) is 1. The molecule has 1 amide bonds. The van der Waals surface area contributed by atoms with Gasteiger partial charge in [0.1, 0.15) is 13.2 Å². The summed E-state index contributed by atoms with van der Waals surface area (Å²) in [6.07, 6.45) is 0. The second-order valence-corrected chi connectivity index (χ2v) is 5.09. The Morgan fingerprint density at radius 2 is 1.90 bits per heavy atom. The van der Waals surface area contributed by atoms with E-state index in [0.29, 0.717) is 19.8 Å². The van der Waals surface area contributed by atoms with Gasteiger partial charge < -0.3 is 19.7 Å². The maximum atomic E-state index is 12.2. The zero-order chi connectivity index (χ0) is 15.2. The first-order chi connectivity index (χ1) is 10.2. The van der Waals surface area contributed by atoms with E-state index in [1.54, 1.807) is 0 Å². The fraction of sp³-hybridized carbons (Fsp3) is 0.562. The second kappa shape index (κ2) is 7.31. The van der Waals surface area contributed by atoms with Crippen molar-refractivity contribution in [2.45, 2.75) is 33.4 Å². The quantitative estimate of drug-likeness (QED) is 0.869. The van der Waals surface area contributed by atoms with Gasteiger partial charge in [0, 0.05) is 19.6 Å². The first-order valence-corrected chi connectivity index (χ1v) is 7.56. The molecule has 1 aliphatic rings. The van der Waals surface area contributed by atoms with Crippen molar-refractivity contribution < 1.29 is 14.3 Å². The third-order valence-corrected chi connectivity index (χ3v) is 3.66. The first-order valence-electron chi connectivity index (χ1n) is 7.56. The average molecular weight is 292 g/mol. The molecule has 1 heterocycles. The number of fused-ring (bicyclic) bond motifs is 1. The lowest BCUT2D eigenvalue weighted by Crippen LogP contribution is -2.44. The Morgan fingerprint density at radius 1 is 1.24 bits per heavy atom. The number of rotatable bonds is 6. The highest BCUT2D eigenvalue weighted by molar-refractivity contribution is 5.81. The lowest BCUT2D eigenvalue weighted by Gasteiger charge is -2.24. The highest BCUT2D eigenvalue weighted by Crippen LogP contribution is 2.30. The zero-order valence-electron chi connectivity index (χ0n) is 13.0. The van der Waals surface area contributed by atoms with E-state index in [1.807, 2.05) is 43.9 Å². The fourth-order valence-corrected chi connectivity index (χ4v) is 2.37. The van der Waals surface area contributed by atoms with E-state index < -0.39 is 0 Å². The molecule has 1 aromatic carbocycles. The van der Waals surface area contributed by atoms with Crippen LogP contribution < -0.4 is 14.8 Å². The van der Waals surface area contributed by atoms with Crippen LogP contribution in [0.5, 0.6) is 11.5 Å². The highest BCUT2D eigenvalue weighted by Gasteiger charge is 2.18. The predicted octanol–water partition coefficient (Wildman–Crippen LogP) is 1.80. The lowest BCUT2D eigenvalue weighted by molar-refractivity contribution is -0.132. The monoisotopic (exact) mass is 292 g/mol. The molecule has 2 rings (SSSR count). The molecule has 0 bridgehead atoms. The van der Waals surface area contributed by atoms with Gasteiger partial charge in [-0.25, -0.2) is 0 Å². The molecular weight excluding hydrogens is 268 g/mol. The predicted molar refractivity (Wildman–Crippen MR) is 81.7 cm³/mol. The van der Waals surface area contributed by atoms with Crippen molar-refractivity contribution in [1.29, 1.82) is 0 Å². The maximum absolute atomic E-state index is 12.2. The van der Waals surface area contributed by atoms with Crippen LogP contribution >= 0.6 is 0 Å². The van der Waals surface area contributed by atoms with Gasteiger partial charge in [-0.1, -0.05) is 6.07 Å². The molecule has 0 spiro atoms. The fourth-order valence-electron chi connectivity index (χ4n) is 2.37. The molecular formula is C16H24N2O3. The molecule has 1 aromatic rings. The molecule has 0 fully saturated rings. The minimum atomic E-state index is -0.196. The summed E-state index contributed by atoms with van der Waals surface area (Å²) < 4.78 is 11.1. The third kappa shape index (κ3) is 3.88. The summed E-state index contributed by atoms with van der Waals surface area (Å²) >= 11 is 0. The van der Waals surface area contributed by atoms with Gasteiger partial charge in [-0.15, -0.1) is 0 Å². The Hall–Kier alpha value is -1.75. The zero-order valence-corrected chi connectivity index (χ0v) is 13.0. The van der Waals surface area contributed by atoms with Gasteiger partial charge in [0.25, 0.3) is 0 Å². The van der Waals surface area contributed by atoms with E-state index in [9.17, 15) is 4.79 Å². The van der Waals surface area contributed by atoms with Crippen LogP contribution in [0.15, 0.2) is 18.2 Å². The van der Waals surface area contributed by atoms with Crippen molar-refractivity contribution in [3.05, 3.63) is 23.8 Å². The topological polar surface area (TPSA) is 50.8 Å². The largest absolute Gasteiger partial charge is 0.486 e. The minimum absolute atomic E-state index is 0.137. The number of amides is 1. The number of likely N-dealkylation sites (N-methyl/N-ethyl adjacent to an activating group) is 1. The summed E-state index contributed by atoms with van der Waals surface area (Å²) in [5.41, 5.74) is 1.08. The standard InChI is InChI=1S/C16H24N2O3/c1-4-18(5-2)16(19)12(3)17-11-13-6-7-14-15(10-13)21-9-8-20-14/h6-7,10,12,17H,4-5,8-9,11H2,1-3H3. The van der Waals surface area contributed by atoms with Crippen LogP contribution in [0.1, 0.15) is 26.3 Å². The van der Waals surface area contributed by atoms with Crippen LogP contribution in [0.25, 0.3) is 0 Å². The number of ether oxygens (including phenoxy) is 2. The van der Waals surface area contributed by atoms with Crippen LogP contribution in [-0.4, -0.2) is 43.2 Å². The van der Waals surface area contributed by atoms with Gasteiger partial charge in [-0.05, 0) is 38.5 Å². The summed E-state index contributed by atoms with van der Waals surface area (Å²) in [6, 6.07) is 5.69. The van der Waals surface area contributed by atoms with Gasteiger partial charge in [-0.3, -0.25) is 4.79 Å². The van der Waals surface area contributed by atoms with Crippen LogP contribution in [0.3, 0.4) is 0 Å². The van der Waals surface area contributed by atoms with Gasteiger partial charge in [0.15, 0.2) is 11.5 Å². The second-order valence-electron chi connectivity index (χ2n) is 5.09. The smallest absolute Gasteiger partial charge is 0.239 e. The normalized spacial score (nSPS) is 14.6. The third-order valence-electron chi connectivity index (χ3n) is 3.66. The van der Waals surface area contributed by atoms with Crippen molar-refractivity contribution in [3.8, 4) is 11.5 Å². The van der Waals surface area contributed by atoms with Gasteiger partial charge >= 0.3 is 0 Å². The van der Waals surface area contributed by atoms with Gasteiger partial charge in [0.05, 0.1) is 6.04 Å². The minimum Gasteiger partial charge on any atom is -0.486 e. The van der Waals surface area contributed by atoms with Crippen molar-refractivity contribution in [2.24, 2.45) is 0 Å². The van der Waals surface area contributed by atoms with Crippen LogP contribution in [0.4, 0.5) is 0 Å². The Morgan fingerprint density at radius 3 is 2.57 bits per heavy atom. The van der Waals surface area contributed by atoms with Crippen LogP contribution in [-0.2, 0) is 11.3 Å². The summed E-state index contributed by atoms with van der Waals surface area (Å²) in [6.45, 7) is 9.19. The number of benzene rings is 1. The number of hydrogen-bond acceptors (Lipinski definition) is 4. The van der Waals surface area contributed by atoms with E-state index in [2.05, 4.69) is 5.32 Å². The molecule has 5 nitrogen and oxygen atoms in total. The van der Waals surface area contributed by atoms with E-state index in [4.69, 9.17) is 9.47 Å². The molecule has 5 heteroatoms. The molecule has 21 heavy (non-hydrogen) atoms. The summed E-state index contributed by atoms with van der Waals surface area (Å²) in [4.78, 5) is 14.0. The molecule has 0 saturated carbocycles. The average Bonchev–Trinajstić information content (AvgIpc) is 2.53. The molecule has 1 atom stereocenters. The Kier molecular flexibility index (Phi) is 5.44. The van der Waals surface area contributed by atoms with Crippen molar-refractivity contribution in [1.82, 2.24) is 10.2 Å². The lowest BCUT2D eigenvalue weighted by atomic mass is 10.1. The summed E-state index contributed by atoms with van der Waals surface area (Å²) in [5, 5.41) is 3.27. The maximum Gasteiger partial charge on any atom is 0.239 e. The SMILES string of the molecule is CCN(CC)C(=O)C(C)NCc1ccc2c(c1)OCCO2. The van der Waals surface area contributed by atoms with Crippen molar-refractivity contribution in [3.63, 3.8) is 0 Å². The van der Waals surface area contributed by atoms with Gasteiger partial charge in [-0.2, -0.15) is 0 Å². The highest BCUT2D eigenvalue weighted by atomic mass is 16.6. The summed E-state index contributed by atoms with van der Waals surface area (Å²) in [5.74, 6) is 1.71. The Balaban J connectivity index is 1.92. The molecule has 0 radical (unpaired) electrons. The number of nitrogens with zero attached hydrogens (tertiary/aromatic N) is 1. The van der Waals surface area contributed by atoms with E-state index in [-0.39, 0.29) is 11.9 Å². The number of carbonyl (C=O) groups excluding carboxylic acids is 1. The van der Waals surface area contributed by atoms with Crippen molar-refractivity contribution >= 4 is 5.91 Å². The summed E-state index contributed by atoms with van der Waals surface area (Å²) in [7, 11) is 0. The van der Waals surface area contributed by atoms with Crippen LogP contribution in [0, 0.1) is 0 Å². The number of carbonyl (C=O) groups is 1. The van der Waals surface area contributed by atoms with Gasteiger partial charge in [0.2, 0.25) is 5.91 Å². The number of nitrogens with one attached hydrogen (secondary N) is 1. The first kappa shape index (κ1) is 15.6. The van der Waals surface area contributed by atoms with E-state index in [1.165, 1.54) is 0 Å².